The molecule has 0 radical (unpaired) electrons. The summed E-state index contributed by atoms with van der Waals surface area (Å²) in [6.07, 6.45) is 0. The molecule has 0 bridgehead atoms. The van der Waals surface area contributed by atoms with Crippen molar-refractivity contribution < 1.29 is 0 Å². The molecule has 0 heterocycles. The Morgan fingerprint density at radius 1 is 1.00 bits per heavy atom. The molecular formula is CH4Cl2LiN. The van der Waals surface area contributed by atoms with Gasteiger partial charge in [0.1, 0.15) is 0 Å². The number of nitrogens with zero attached hydrogens (tertiary/aromatic N) is 1. The van der Waals surface area contributed by atoms with Gasteiger partial charge in [0.15, 0.2) is 0 Å². The van der Waals surface area contributed by atoms with Crippen LogP contribution >= 0.6 is 24.8 Å². The van der Waals surface area contributed by atoms with E-state index >= 15 is 0 Å². The van der Waals surface area contributed by atoms with Crippen molar-refractivity contribution in [1.29, 1.82) is 5.26 Å². The van der Waals surface area contributed by atoms with Gasteiger partial charge in [-0.2, -0.15) is 0 Å². The summed E-state index contributed by atoms with van der Waals surface area (Å²) < 4.78 is 0. The summed E-state index contributed by atoms with van der Waals surface area (Å²) >= 11 is 0. The van der Waals surface area contributed by atoms with E-state index in [1.165, 1.54) is 0 Å². The maximum absolute atomic E-state index is 6.50. The molecular weight excluding hydrogens is 104 g/mol. The Morgan fingerprint density at radius 2 is 1.00 bits per heavy atom. The molecule has 0 aromatic rings. The third-order valence-corrected chi connectivity index (χ3v) is 0. The third-order valence-electron chi connectivity index (χ3n) is 0. The van der Waals surface area contributed by atoms with Gasteiger partial charge >= 0.3 is 18.9 Å². The van der Waals surface area contributed by atoms with Crippen molar-refractivity contribution in [2.24, 2.45) is 0 Å². The van der Waals surface area contributed by atoms with E-state index in [0.717, 1.165) is 0 Å². The van der Waals surface area contributed by atoms with Gasteiger partial charge in [0.2, 0.25) is 0 Å². The van der Waals surface area contributed by atoms with E-state index < -0.39 is 0 Å². The zero-order valence-electron chi connectivity index (χ0n) is 1.84. The van der Waals surface area contributed by atoms with Gasteiger partial charge in [-0.1, -0.05) is 0 Å². The van der Waals surface area contributed by atoms with Crippen LogP contribution in [0.1, 0.15) is 0 Å². The number of hydrogen-bond donors (Lipinski definition) is 0. The molecule has 0 aliphatic carbocycles. The summed E-state index contributed by atoms with van der Waals surface area (Å²) in [6.45, 7) is 3.50. The second-order valence-electron chi connectivity index (χ2n) is 0. The van der Waals surface area contributed by atoms with Gasteiger partial charge in [0, 0.05) is 6.57 Å². The SMILES string of the molecule is C#N.Cl.Cl.[LiH]. The molecule has 0 saturated heterocycles. The van der Waals surface area contributed by atoms with Gasteiger partial charge < -0.3 is 0 Å². The fraction of sp³-hybridized carbons (Fsp3) is 0. The molecule has 0 saturated carbocycles. The number of hydrogen-bond acceptors (Lipinski definition) is 1. The second kappa shape index (κ2) is 141. The molecule has 0 fully saturated rings. The van der Waals surface area contributed by atoms with Crippen molar-refractivity contribution in [1.82, 2.24) is 0 Å². The fourth-order valence-electron chi connectivity index (χ4n) is 0. The van der Waals surface area contributed by atoms with Crippen molar-refractivity contribution in [3.05, 3.63) is 0 Å². The Bertz CT molecular complexity index is 14.4. The maximum atomic E-state index is 6.50. The molecule has 0 atom stereocenters. The van der Waals surface area contributed by atoms with Crippen molar-refractivity contribution in [2.75, 3.05) is 0 Å². The molecule has 0 aliphatic rings. The summed E-state index contributed by atoms with van der Waals surface area (Å²) in [4.78, 5) is 0. The van der Waals surface area contributed by atoms with E-state index in [2.05, 4.69) is 6.57 Å². The van der Waals surface area contributed by atoms with E-state index in [9.17, 15) is 0 Å². The molecule has 0 unspecified atom stereocenters. The van der Waals surface area contributed by atoms with Crippen LogP contribution in [-0.2, 0) is 0 Å². The van der Waals surface area contributed by atoms with Crippen LogP contribution in [0.15, 0.2) is 0 Å². The van der Waals surface area contributed by atoms with Crippen LogP contribution in [0.2, 0.25) is 0 Å². The van der Waals surface area contributed by atoms with Crippen molar-refractivity contribution >= 4 is 43.7 Å². The Kier molecular flexibility index (Phi) is 1250. The van der Waals surface area contributed by atoms with Gasteiger partial charge in [-0.3, -0.25) is 0 Å². The average molecular weight is 108 g/mol. The minimum absolute atomic E-state index is 0. The van der Waals surface area contributed by atoms with E-state index in [-0.39, 0.29) is 43.7 Å². The first kappa shape index (κ1) is 44.4. The summed E-state index contributed by atoms with van der Waals surface area (Å²) in [7, 11) is 0. The van der Waals surface area contributed by atoms with Crippen LogP contribution in [0.3, 0.4) is 0 Å². The van der Waals surface area contributed by atoms with Gasteiger partial charge in [0.25, 0.3) is 0 Å². The Labute approximate surface area is 55.7 Å². The molecule has 0 N–H and O–H groups in total. The minimum atomic E-state index is 0. The monoisotopic (exact) mass is 107 g/mol. The van der Waals surface area contributed by atoms with Crippen LogP contribution in [0.4, 0.5) is 0 Å². The standard InChI is InChI=1S/CHN.2ClH.Li.H/c1-2;;;;/h1H;2*1H;;. The third kappa shape index (κ3) is 74.6. The molecule has 0 amide bonds. The molecule has 0 aromatic heterocycles. The quantitative estimate of drug-likeness (QED) is 0.410. The summed E-state index contributed by atoms with van der Waals surface area (Å²) in [5.74, 6) is 0. The average Bonchev–Trinajstić information content (AvgIpc) is 1.00. The number of rotatable bonds is 0. The van der Waals surface area contributed by atoms with E-state index in [1.807, 2.05) is 0 Å². The van der Waals surface area contributed by atoms with Crippen molar-refractivity contribution in [3.8, 4) is 6.57 Å². The van der Waals surface area contributed by atoms with Gasteiger partial charge in [0.05, 0.1) is 0 Å². The van der Waals surface area contributed by atoms with Crippen molar-refractivity contribution in [2.45, 2.75) is 0 Å². The summed E-state index contributed by atoms with van der Waals surface area (Å²) in [5.41, 5.74) is 0. The van der Waals surface area contributed by atoms with E-state index in [1.54, 1.807) is 0 Å². The first-order valence-electron chi connectivity index (χ1n) is 0.258. The molecule has 0 spiro atoms. The topological polar surface area (TPSA) is 23.8 Å². The predicted octanol–water partition coefficient (Wildman–Crippen LogP) is 0.335. The number of halogens is 2. The summed E-state index contributed by atoms with van der Waals surface area (Å²) in [5, 5.41) is 6.50. The second-order valence-corrected chi connectivity index (χ2v) is 0. The first-order valence-corrected chi connectivity index (χ1v) is 0.258. The predicted molar refractivity (Wildman–Crippen MR) is 28.3 cm³/mol. The zero-order chi connectivity index (χ0) is 2.00. The van der Waals surface area contributed by atoms with Crippen LogP contribution in [0.5, 0.6) is 0 Å². The Morgan fingerprint density at radius 3 is 1.00 bits per heavy atom. The Hall–Kier alpha value is 0.667. The van der Waals surface area contributed by atoms with Crippen molar-refractivity contribution in [3.63, 3.8) is 0 Å². The number of nitriles is 1. The van der Waals surface area contributed by atoms with E-state index in [4.69, 9.17) is 5.26 Å². The summed E-state index contributed by atoms with van der Waals surface area (Å²) in [6, 6.07) is 0. The van der Waals surface area contributed by atoms with Crippen LogP contribution < -0.4 is 0 Å². The normalized spacial score (nSPS) is 0.400. The molecule has 4 heteroatoms. The first-order chi connectivity index (χ1) is 1.00. The molecule has 0 aliphatic heterocycles. The molecule has 1 nitrogen and oxygen atoms in total. The molecule has 28 valence electrons. The van der Waals surface area contributed by atoms with E-state index in [0.29, 0.717) is 0 Å². The fourth-order valence-corrected chi connectivity index (χ4v) is 0. The van der Waals surface area contributed by atoms with Gasteiger partial charge in [-0.25, -0.2) is 5.26 Å². The molecule has 5 heavy (non-hydrogen) atoms. The molecule has 0 rings (SSSR count). The van der Waals surface area contributed by atoms with Crippen LogP contribution in [-0.4, -0.2) is 18.9 Å². The van der Waals surface area contributed by atoms with Crippen LogP contribution in [0.25, 0.3) is 0 Å². The molecule has 0 aromatic carbocycles. The van der Waals surface area contributed by atoms with Gasteiger partial charge in [-0.15, -0.1) is 24.8 Å². The van der Waals surface area contributed by atoms with Gasteiger partial charge in [-0.05, 0) is 0 Å². The zero-order valence-corrected chi connectivity index (χ0v) is 3.47. The Balaban J connectivity index is -0.00000000167. The van der Waals surface area contributed by atoms with Crippen LogP contribution in [0, 0.1) is 11.8 Å².